The van der Waals surface area contributed by atoms with E-state index in [0.717, 1.165) is 0 Å². The van der Waals surface area contributed by atoms with E-state index in [1.165, 1.54) is 0 Å². The smallest absolute Gasteiger partial charge is 0.251 e. The highest BCUT2D eigenvalue weighted by molar-refractivity contribution is 7.90. The second-order valence-corrected chi connectivity index (χ2v) is 7.32. The van der Waals surface area contributed by atoms with E-state index < -0.39 is 9.84 Å². The summed E-state index contributed by atoms with van der Waals surface area (Å²) in [6, 6.07) is 14.3. The Hall–Kier alpha value is -2.18. The summed E-state index contributed by atoms with van der Waals surface area (Å²) < 4.78 is 24.7. The standard InChI is InChI=1S/C17H19NO4S/c1-13(11-19)18-17(20)15-7-5-6-14(10-15)12-23(21,22)16-8-3-2-4-9-16/h2-10,13,19H,11-12H2,1H3,(H,18,20). The van der Waals surface area contributed by atoms with Crippen LogP contribution in [0, 0.1) is 0 Å². The lowest BCUT2D eigenvalue weighted by Gasteiger charge is -2.11. The van der Waals surface area contributed by atoms with Gasteiger partial charge in [-0.2, -0.15) is 0 Å². The molecule has 2 aromatic carbocycles. The molecule has 5 nitrogen and oxygen atoms in total. The quantitative estimate of drug-likeness (QED) is 0.844. The lowest BCUT2D eigenvalue weighted by atomic mass is 10.1. The summed E-state index contributed by atoms with van der Waals surface area (Å²) in [6.45, 7) is 1.52. The Morgan fingerprint density at radius 2 is 1.83 bits per heavy atom. The van der Waals surface area contributed by atoms with Crippen molar-refractivity contribution in [3.8, 4) is 0 Å². The van der Waals surface area contributed by atoms with Gasteiger partial charge in [-0.05, 0) is 36.8 Å². The first-order chi connectivity index (χ1) is 10.9. The van der Waals surface area contributed by atoms with Crippen molar-refractivity contribution in [1.82, 2.24) is 5.32 Å². The molecule has 122 valence electrons. The maximum atomic E-state index is 12.4. The molecule has 0 aliphatic carbocycles. The number of hydrogen-bond acceptors (Lipinski definition) is 4. The van der Waals surface area contributed by atoms with E-state index in [0.29, 0.717) is 11.1 Å². The molecule has 0 aliphatic rings. The van der Waals surface area contributed by atoms with Crippen LogP contribution in [0.1, 0.15) is 22.8 Å². The molecule has 0 aromatic heterocycles. The van der Waals surface area contributed by atoms with Gasteiger partial charge in [-0.1, -0.05) is 30.3 Å². The summed E-state index contributed by atoms with van der Waals surface area (Å²) in [7, 11) is -3.46. The average molecular weight is 333 g/mol. The van der Waals surface area contributed by atoms with Gasteiger partial charge in [0.15, 0.2) is 9.84 Å². The molecule has 0 aliphatic heterocycles. The zero-order chi connectivity index (χ0) is 16.9. The van der Waals surface area contributed by atoms with Gasteiger partial charge in [0.2, 0.25) is 0 Å². The fraction of sp³-hybridized carbons (Fsp3) is 0.235. The third-order valence-electron chi connectivity index (χ3n) is 3.30. The minimum atomic E-state index is -3.46. The number of nitrogens with one attached hydrogen (secondary N) is 1. The van der Waals surface area contributed by atoms with Crippen LogP contribution in [0.25, 0.3) is 0 Å². The number of benzene rings is 2. The third-order valence-corrected chi connectivity index (χ3v) is 5.00. The molecule has 0 heterocycles. The Balaban J connectivity index is 2.19. The van der Waals surface area contributed by atoms with Crippen LogP contribution < -0.4 is 5.32 Å². The Labute approximate surface area is 135 Å². The highest BCUT2D eigenvalue weighted by atomic mass is 32.2. The van der Waals surface area contributed by atoms with Gasteiger partial charge in [0.1, 0.15) is 0 Å². The number of sulfone groups is 1. The number of aliphatic hydroxyl groups is 1. The minimum Gasteiger partial charge on any atom is -0.394 e. The summed E-state index contributed by atoms with van der Waals surface area (Å²) in [5, 5.41) is 11.6. The van der Waals surface area contributed by atoms with Crippen molar-refractivity contribution in [1.29, 1.82) is 0 Å². The molecule has 0 radical (unpaired) electrons. The highest BCUT2D eigenvalue weighted by Gasteiger charge is 2.16. The summed E-state index contributed by atoms with van der Waals surface area (Å²) in [5.74, 6) is -0.515. The van der Waals surface area contributed by atoms with Crippen LogP contribution in [-0.2, 0) is 15.6 Å². The molecule has 0 bridgehead atoms. The van der Waals surface area contributed by atoms with Crippen molar-refractivity contribution >= 4 is 15.7 Å². The first-order valence-corrected chi connectivity index (χ1v) is 8.86. The molecule has 6 heteroatoms. The van der Waals surface area contributed by atoms with Crippen molar-refractivity contribution in [2.75, 3.05) is 6.61 Å². The normalized spacial score (nSPS) is 12.6. The van der Waals surface area contributed by atoms with Gasteiger partial charge < -0.3 is 10.4 Å². The Kier molecular flexibility index (Phi) is 5.52. The van der Waals surface area contributed by atoms with Crippen LogP contribution >= 0.6 is 0 Å². The topological polar surface area (TPSA) is 83.5 Å². The van der Waals surface area contributed by atoms with Crippen LogP contribution in [0.3, 0.4) is 0 Å². The van der Waals surface area contributed by atoms with Crippen LogP contribution in [0.2, 0.25) is 0 Å². The maximum Gasteiger partial charge on any atom is 0.251 e. The number of aliphatic hydroxyl groups excluding tert-OH is 1. The third kappa shape index (κ3) is 4.64. The largest absolute Gasteiger partial charge is 0.394 e. The van der Waals surface area contributed by atoms with E-state index in [1.54, 1.807) is 61.5 Å². The molecular formula is C17H19NO4S. The van der Waals surface area contributed by atoms with E-state index in [1.807, 2.05) is 0 Å². The Morgan fingerprint density at radius 3 is 2.48 bits per heavy atom. The van der Waals surface area contributed by atoms with Gasteiger partial charge in [0.05, 0.1) is 17.3 Å². The van der Waals surface area contributed by atoms with Gasteiger partial charge in [0, 0.05) is 11.6 Å². The Bertz CT molecular complexity index is 772. The molecule has 1 amide bonds. The number of hydrogen-bond donors (Lipinski definition) is 2. The molecule has 0 saturated carbocycles. The van der Waals surface area contributed by atoms with Crippen molar-refractivity contribution in [2.45, 2.75) is 23.6 Å². The van der Waals surface area contributed by atoms with Gasteiger partial charge in [0.25, 0.3) is 5.91 Å². The molecule has 1 atom stereocenters. The summed E-state index contributed by atoms with van der Waals surface area (Å²) in [4.78, 5) is 12.3. The number of rotatable bonds is 6. The van der Waals surface area contributed by atoms with Gasteiger partial charge in [-0.3, -0.25) is 4.79 Å². The van der Waals surface area contributed by atoms with Crippen molar-refractivity contribution in [3.05, 3.63) is 65.7 Å². The highest BCUT2D eigenvalue weighted by Crippen LogP contribution is 2.17. The molecule has 2 N–H and O–H groups in total. The van der Waals surface area contributed by atoms with E-state index in [4.69, 9.17) is 5.11 Å². The Morgan fingerprint density at radius 1 is 1.13 bits per heavy atom. The molecule has 0 spiro atoms. The molecule has 2 aromatic rings. The molecule has 0 saturated heterocycles. The molecule has 1 unspecified atom stereocenters. The molecule has 0 fully saturated rings. The van der Waals surface area contributed by atoms with Crippen molar-refractivity contribution < 1.29 is 18.3 Å². The minimum absolute atomic E-state index is 0.159. The number of carbonyl (C=O) groups excluding carboxylic acids is 1. The molecule has 2 rings (SSSR count). The fourth-order valence-electron chi connectivity index (χ4n) is 2.09. The predicted octanol–water partition coefficient (Wildman–Crippen LogP) is 1.77. The number of carbonyl (C=O) groups is 1. The second-order valence-electron chi connectivity index (χ2n) is 5.33. The lowest BCUT2D eigenvalue weighted by molar-refractivity contribution is 0.0922. The van der Waals surface area contributed by atoms with Crippen LogP contribution in [-0.4, -0.2) is 32.1 Å². The molecule has 23 heavy (non-hydrogen) atoms. The summed E-state index contributed by atoms with van der Waals surface area (Å²) >= 11 is 0. The van der Waals surface area contributed by atoms with Crippen LogP contribution in [0.5, 0.6) is 0 Å². The molecular weight excluding hydrogens is 314 g/mol. The fourth-order valence-corrected chi connectivity index (χ4v) is 3.44. The zero-order valence-corrected chi connectivity index (χ0v) is 13.6. The van der Waals surface area contributed by atoms with Crippen molar-refractivity contribution in [2.24, 2.45) is 0 Å². The lowest BCUT2D eigenvalue weighted by Crippen LogP contribution is -2.35. The van der Waals surface area contributed by atoms with Gasteiger partial charge in [-0.15, -0.1) is 0 Å². The van der Waals surface area contributed by atoms with E-state index in [2.05, 4.69) is 5.32 Å². The first kappa shape index (κ1) is 17.2. The maximum absolute atomic E-state index is 12.4. The van der Waals surface area contributed by atoms with Gasteiger partial charge in [-0.25, -0.2) is 8.42 Å². The SMILES string of the molecule is CC(CO)NC(=O)c1cccc(CS(=O)(=O)c2ccccc2)c1. The summed E-state index contributed by atoms with van der Waals surface area (Å²) in [6.07, 6.45) is 0. The predicted molar refractivity (Wildman–Crippen MR) is 87.8 cm³/mol. The average Bonchev–Trinajstić information content (AvgIpc) is 2.55. The van der Waals surface area contributed by atoms with E-state index >= 15 is 0 Å². The van der Waals surface area contributed by atoms with Crippen LogP contribution in [0.4, 0.5) is 0 Å². The van der Waals surface area contributed by atoms with Gasteiger partial charge >= 0.3 is 0 Å². The van der Waals surface area contributed by atoms with E-state index in [-0.39, 0.29) is 29.2 Å². The monoisotopic (exact) mass is 333 g/mol. The second kappa shape index (κ2) is 7.39. The number of amides is 1. The zero-order valence-electron chi connectivity index (χ0n) is 12.8. The summed E-state index contributed by atoms with van der Waals surface area (Å²) in [5.41, 5.74) is 0.907. The first-order valence-electron chi connectivity index (χ1n) is 7.21. The van der Waals surface area contributed by atoms with E-state index in [9.17, 15) is 13.2 Å². The van der Waals surface area contributed by atoms with Crippen molar-refractivity contribution in [3.63, 3.8) is 0 Å². The van der Waals surface area contributed by atoms with Crippen LogP contribution in [0.15, 0.2) is 59.5 Å².